The Morgan fingerprint density at radius 2 is 1.88 bits per heavy atom. The number of aryl methyl sites for hydroxylation is 1. The summed E-state index contributed by atoms with van der Waals surface area (Å²) in [6.07, 6.45) is 8.73. The molecule has 6 heteroatoms. The molecule has 124 valence electrons. The molecule has 0 N–H and O–H groups in total. The second-order valence-electron chi connectivity index (χ2n) is 5.88. The summed E-state index contributed by atoms with van der Waals surface area (Å²) in [5, 5.41) is 8.19. The van der Waals surface area contributed by atoms with E-state index in [2.05, 4.69) is 22.4 Å². The number of pyridine rings is 1. The molecule has 0 spiro atoms. The molecule has 3 heterocycles. The van der Waals surface area contributed by atoms with Crippen LogP contribution in [0.25, 0.3) is 22.3 Å². The zero-order chi connectivity index (χ0) is 17.2. The van der Waals surface area contributed by atoms with Gasteiger partial charge in [-0.1, -0.05) is 35.5 Å². The first-order chi connectivity index (χ1) is 12.2. The van der Waals surface area contributed by atoms with E-state index < -0.39 is 0 Å². The van der Waals surface area contributed by atoms with E-state index in [0.29, 0.717) is 6.54 Å². The smallest absolute Gasteiger partial charge is 0.250 e. The van der Waals surface area contributed by atoms with Crippen molar-refractivity contribution in [2.75, 3.05) is 0 Å². The minimum atomic E-state index is -0.0865. The van der Waals surface area contributed by atoms with Gasteiger partial charge in [0.05, 0.1) is 18.9 Å². The van der Waals surface area contributed by atoms with Gasteiger partial charge in [0.2, 0.25) is 0 Å². The van der Waals surface area contributed by atoms with Crippen LogP contribution in [0.2, 0.25) is 0 Å². The first-order valence-corrected chi connectivity index (χ1v) is 7.88. The van der Waals surface area contributed by atoms with E-state index >= 15 is 0 Å². The molecular weight excluding hydrogens is 316 g/mol. The molecule has 3 aromatic heterocycles. The van der Waals surface area contributed by atoms with E-state index in [1.807, 2.05) is 35.3 Å². The Hall–Kier alpha value is -3.41. The quantitative estimate of drug-likeness (QED) is 0.576. The molecule has 0 aliphatic rings. The maximum Gasteiger partial charge on any atom is 0.250 e. The average Bonchev–Trinajstić information content (AvgIpc) is 3.30. The highest BCUT2D eigenvalue weighted by atomic mass is 16.5. The lowest BCUT2D eigenvalue weighted by atomic mass is 10.0. The minimum Gasteiger partial charge on any atom is -0.364 e. The van der Waals surface area contributed by atoms with Crippen molar-refractivity contribution in [2.24, 2.45) is 7.05 Å². The molecule has 0 atom stereocenters. The summed E-state index contributed by atoms with van der Waals surface area (Å²) in [7, 11) is 1.73. The van der Waals surface area contributed by atoms with E-state index in [-0.39, 0.29) is 5.56 Å². The minimum absolute atomic E-state index is 0.0865. The zero-order valence-electron chi connectivity index (χ0n) is 13.7. The van der Waals surface area contributed by atoms with Crippen molar-refractivity contribution in [3.05, 3.63) is 83.4 Å². The molecule has 0 saturated heterocycles. The monoisotopic (exact) mass is 332 g/mol. The fourth-order valence-electron chi connectivity index (χ4n) is 2.80. The summed E-state index contributed by atoms with van der Waals surface area (Å²) in [6.45, 7) is 0.690. The Kier molecular flexibility index (Phi) is 3.78. The molecule has 0 saturated carbocycles. The van der Waals surface area contributed by atoms with Gasteiger partial charge in [-0.15, -0.1) is 0 Å². The van der Waals surface area contributed by atoms with Crippen molar-refractivity contribution in [1.82, 2.24) is 19.5 Å². The fraction of sp³-hybridized carbons (Fsp3) is 0.105. The van der Waals surface area contributed by atoms with E-state index in [0.717, 1.165) is 22.3 Å². The van der Waals surface area contributed by atoms with Crippen molar-refractivity contribution >= 4 is 0 Å². The second-order valence-corrected chi connectivity index (χ2v) is 5.88. The van der Waals surface area contributed by atoms with Gasteiger partial charge in [-0.3, -0.25) is 9.48 Å². The zero-order valence-corrected chi connectivity index (χ0v) is 13.7. The third-order valence-corrected chi connectivity index (χ3v) is 4.10. The summed E-state index contributed by atoms with van der Waals surface area (Å²) in [5.41, 5.74) is 4.48. The molecule has 6 nitrogen and oxygen atoms in total. The van der Waals surface area contributed by atoms with Gasteiger partial charge in [0.1, 0.15) is 6.26 Å². The molecular formula is C19H16N4O2. The molecule has 0 amide bonds. The average molecular weight is 332 g/mol. The molecule has 0 unspecified atom stereocenters. The maximum atomic E-state index is 12.1. The first-order valence-electron chi connectivity index (χ1n) is 7.88. The van der Waals surface area contributed by atoms with Crippen molar-refractivity contribution in [1.29, 1.82) is 0 Å². The standard InChI is InChI=1S/C19H16N4O2/c1-22-12-18(17(7-19(22)24)16-9-21-25-13-16)15-8-20-23(11-15)10-14-5-3-2-4-6-14/h2-9,11-13H,10H2,1H3. The number of nitrogens with zero attached hydrogens (tertiary/aromatic N) is 4. The predicted molar refractivity (Wildman–Crippen MR) is 93.9 cm³/mol. The lowest BCUT2D eigenvalue weighted by Gasteiger charge is -2.08. The SMILES string of the molecule is Cn1cc(-c2cnn(Cc3ccccc3)c2)c(-c2cnoc2)cc1=O. The molecule has 0 bridgehead atoms. The summed E-state index contributed by atoms with van der Waals surface area (Å²) in [4.78, 5) is 12.1. The predicted octanol–water partition coefficient (Wildman–Crippen LogP) is 2.95. The molecule has 0 radical (unpaired) electrons. The third kappa shape index (κ3) is 3.01. The molecule has 25 heavy (non-hydrogen) atoms. The van der Waals surface area contributed by atoms with Crippen molar-refractivity contribution in [3.63, 3.8) is 0 Å². The van der Waals surface area contributed by atoms with E-state index in [1.54, 1.807) is 30.1 Å². The van der Waals surface area contributed by atoms with Crippen molar-refractivity contribution < 1.29 is 4.52 Å². The Labute approximate surface area is 143 Å². The normalized spacial score (nSPS) is 10.9. The lowest BCUT2D eigenvalue weighted by molar-refractivity contribution is 0.420. The number of benzene rings is 1. The first kappa shape index (κ1) is 15.1. The van der Waals surface area contributed by atoms with Gasteiger partial charge in [0, 0.05) is 47.8 Å². The number of hydrogen-bond donors (Lipinski definition) is 0. The molecule has 4 aromatic rings. The van der Waals surface area contributed by atoms with Crippen molar-refractivity contribution in [3.8, 4) is 22.3 Å². The largest absolute Gasteiger partial charge is 0.364 e. The molecule has 4 rings (SSSR count). The van der Waals surface area contributed by atoms with Gasteiger partial charge in [-0.05, 0) is 5.56 Å². The molecule has 0 aliphatic heterocycles. The summed E-state index contributed by atoms with van der Waals surface area (Å²) in [6, 6.07) is 11.7. The Morgan fingerprint density at radius 3 is 2.64 bits per heavy atom. The van der Waals surface area contributed by atoms with Crippen LogP contribution < -0.4 is 5.56 Å². The van der Waals surface area contributed by atoms with E-state index in [9.17, 15) is 4.79 Å². The maximum absolute atomic E-state index is 12.1. The van der Waals surface area contributed by atoms with Gasteiger partial charge < -0.3 is 9.09 Å². The van der Waals surface area contributed by atoms with Crippen LogP contribution in [0.5, 0.6) is 0 Å². The Bertz CT molecular complexity index is 1050. The highest BCUT2D eigenvalue weighted by molar-refractivity contribution is 5.81. The Morgan fingerprint density at radius 1 is 1.04 bits per heavy atom. The number of hydrogen-bond acceptors (Lipinski definition) is 4. The van der Waals surface area contributed by atoms with Crippen LogP contribution in [-0.2, 0) is 13.6 Å². The summed E-state index contributed by atoms with van der Waals surface area (Å²) >= 11 is 0. The van der Waals surface area contributed by atoms with Crippen LogP contribution in [0.4, 0.5) is 0 Å². The van der Waals surface area contributed by atoms with Gasteiger partial charge in [0.25, 0.3) is 5.56 Å². The highest BCUT2D eigenvalue weighted by Crippen LogP contribution is 2.30. The second kappa shape index (κ2) is 6.24. The third-order valence-electron chi connectivity index (χ3n) is 4.10. The summed E-state index contributed by atoms with van der Waals surface area (Å²) in [5.74, 6) is 0. The van der Waals surface area contributed by atoms with Crippen LogP contribution in [-0.4, -0.2) is 19.5 Å². The fourth-order valence-corrected chi connectivity index (χ4v) is 2.80. The van der Waals surface area contributed by atoms with Gasteiger partial charge in [0.15, 0.2) is 0 Å². The van der Waals surface area contributed by atoms with Crippen LogP contribution in [0.15, 0.2) is 76.8 Å². The van der Waals surface area contributed by atoms with E-state index in [4.69, 9.17) is 4.52 Å². The van der Waals surface area contributed by atoms with E-state index in [1.165, 1.54) is 11.8 Å². The Balaban J connectivity index is 1.75. The summed E-state index contributed by atoms with van der Waals surface area (Å²) < 4.78 is 8.37. The molecule has 1 aromatic carbocycles. The molecule has 0 fully saturated rings. The van der Waals surface area contributed by atoms with Crippen LogP contribution in [0.1, 0.15) is 5.56 Å². The highest BCUT2D eigenvalue weighted by Gasteiger charge is 2.13. The van der Waals surface area contributed by atoms with Crippen LogP contribution in [0, 0.1) is 0 Å². The van der Waals surface area contributed by atoms with Gasteiger partial charge in [-0.25, -0.2) is 0 Å². The van der Waals surface area contributed by atoms with Crippen molar-refractivity contribution in [2.45, 2.75) is 6.54 Å². The van der Waals surface area contributed by atoms with Gasteiger partial charge >= 0.3 is 0 Å². The number of aromatic nitrogens is 4. The molecule has 0 aliphatic carbocycles. The van der Waals surface area contributed by atoms with Crippen LogP contribution >= 0.6 is 0 Å². The van der Waals surface area contributed by atoms with Gasteiger partial charge in [-0.2, -0.15) is 5.10 Å². The topological polar surface area (TPSA) is 65.8 Å². The number of rotatable bonds is 4. The lowest BCUT2D eigenvalue weighted by Crippen LogP contribution is -2.15. The van der Waals surface area contributed by atoms with Crippen LogP contribution in [0.3, 0.4) is 0 Å².